The number of esters is 4. The summed E-state index contributed by atoms with van der Waals surface area (Å²) in [6.07, 6.45) is -8.01. The summed E-state index contributed by atoms with van der Waals surface area (Å²) in [4.78, 5) is 77.2. The van der Waals surface area contributed by atoms with Crippen molar-refractivity contribution < 1.29 is 79.6 Å². The van der Waals surface area contributed by atoms with Crippen molar-refractivity contribution >= 4 is 79.3 Å². The van der Waals surface area contributed by atoms with Gasteiger partial charge < -0.3 is 58.7 Å². The van der Waals surface area contributed by atoms with Gasteiger partial charge in [0.05, 0.1) is 56.9 Å². The highest BCUT2D eigenvalue weighted by atomic mass is 32.2. The standard InChI is InChI=1S/C51H61N9O17S/c1-31(61)72-30-43-47(73-32(2)62)48(74-33(3)63)49(75-34(4)64)51(76-43)77-46(27-45(65)53-22-21-52-42-11-7-10-41-40(42)9-8-12-44(41)78(67,68)69)71-26-25-70-24-23-60-29-38(57-58-60)28-54-50(66)35-13-15-36(16-14-35)55-56-37-17-19-39(20-18-37)59(5)6/h7-20,29,43,46-49,51-52H,21-28,30H2,1-6H3,(H,53,65)(H,54,66)(H,67,68,69)/t43-,46?,47-,48+,49-,51+/m1/s1. The number of nitrogens with one attached hydrogen (secondary N) is 3. The average Bonchev–Trinajstić information content (AvgIpc) is 3.89. The van der Waals surface area contributed by atoms with Crippen LogP contribution in [0.4, 0.5) is 22.7 Å². The van der Waals surface area contributed by atoms with E-state index in [1.165, 1.54) is 16.8 Å². The van der Waals surface area contributed by atoms with Gasteiger partial charge in [-0.05, 0) is 60.7 Å². The third-order valence-electron chi connectivity index (χ3n) is 11.3. The number of azo groups is 1. The zero-order valence-electron chi connectivity index (χ0n) is 43.6. The Hall–Kier alpha value is -7.95. The van der Waals surface area contributed by atoms with Crippen LogP contribution in [0.25, 0.3) is 10.8 Å². The number of amides is 2. The molecule has 418 valence electrons. The molecule has 6 rings (SSSR count). The van der Waals surface area contributed by atoms with Gasteiger partial charge in [0.25, 0.3) is 16.0 Å². The fraction of sp³-hybridized carbons (Fsp3) is 0.412. The van der Waals surface area contributed by atoms with Gasteiger partial charge in [-0.3, -0.25) is 33.3 Å². The Bertz CT molecular complexity index is 3010. The largest absolute Gasteiger partial charge is 0.463 e. The number of hydrogen-bond acceptors (Lipinski definition) is 22. The second kappa shape index (κ2) is 28.4. The number of fused-ring (bicyclic) bond motifs is 1. The lowest BCUT2D eigenvalue weighted by Gasteiger charge is -2.44. The molecular weight excluding hydrogens is 1040 g/mol. The van der Waals surface area contributed by atoms with Crippen LogP contribution in [0.15, 0.2) is 106 Å². The van der Waals surface area contributed by atoms with Gasteiger partial charge in [-0.25, -0.2) is 4.68 Å². The van der Waals surface area contributed by atoms with E-state index in [0.717, 1.165) is 33.4 Å². The first-order valence-corrected chi connectivity index (χ1v) is 25.8. The van der Waals surface area contributed by atoms with E-state index >= 15 is 0 Å². The molecular formula is C51H61N9O17S. The van der Waals surface area contributed by atoms with E-state index in [1.807, 2.05) is 43.3 Å². The molecule has 1 unspecified atom stereocenters. The fourth-order valence-electron chi connectivity index (χ4n) is 7.79. The van der Waals surface area contributed by atoms with E-state index in [4.69, 9.17) is 37.9 Å². The quantitative estimate of drug-likeness (QED) is 0.0143. The summed E-state index contributed by atoms with van der Waals surface area (Å²) in [6.45, 7) is 4.23. The normalized spacial score (nSPS) is 17.7. The molecule has 0 bridgehead atoms. The molecule has 0 spiro atoms. The lowest BCUT2D eigenvalue weighted by atomic mass is 9.98. The first-order chi connectivity index (χ1) is 37.2. The lowest BCUT2D eigenvalue weighted by molar-refractivity contribution is -0.340. The number of carbonyl (C=O) groups excluding carboxylic acids is 6. The molecule has 26 nitrogen and oxygen atoms in total. The van der Waals surface area contributed by atoms with Gasteiger partial charge in [-0.1, -0.05) is 29.5 Å². The van der Waals surface area contributed by atoms with E-state index in [0.29, 0.717) is 33.7 Å². The molecule has 27 heteroatoms. The highest BCUT2D eigenvalue weighted by molar-refractivity contribution is 7.86. The number of anilines is 2. The fourth-order valence-corrected chi connectivity index (χ4v) is 8.50. The number of nitrogens with zero attached hydrogens (tertiary/aromatic N) is 6. The smallest absolute Gasteiger partial charge is 0.303 e. The second-order valence-electron chi connectivity index (χ2n) is 17.5. The van der Waals surface area contributed by atoms with Crippen LogP contribution in [0.3, 0.4) is 0 Å². The highest BCUT2D eigenvalue weighted by Gasteiger charge is 2.53. The average molecular weight is 1100 g/mol. The van der Waals surface area contributed by atoms with Crippen LogP contribution in [-0.2, 0) is 85.1 Å². The Labute approximate surface area is 448 Å². The van der Waals surface area contributed by atoms with E-state index in [2.05, 4.69) is 36.5 Å². The molecule has 2 amide bonds. The van der Waals surface area contributed by atoms with Crippen molar-refractivity contribution in [1.29, 1.82) is 0 Å². The van der Waals surface area contributed by atoms with Gasteiger partial charge in [-0.2, -0.15) is 18.6 Å². The van der Waals surface area contributed by atoms with E-state index in [-0.39, 0.29) is 62.2 Å². The maximum atomic E-state index is 13.5. The highest BCUT2D eigenvalue weighted by Crippen LogP contribution is 2.32. The number of rotatable bonds is 27. The molecule has 5 aromatic rings. The van der Waals surface area contributed by atoms with Crippen LogP contribution in [0.1, 0.15) is 50.2 Å². The Morgan fingerprint density at radius 3 is 2.05 bits per heavy atom. The predicted octanol–water partition coefficient (Wildman–Crippen LogP) is 4.17. The summed E-state index contributed by atoms with van der Waals surface area (Å²) in [6, 6.07) is 23.5. The topological polar surface area (TPSA) is 325 Å². The molecule has 6 atom stereocenters. The van der Waals surface area contributed by atoms with Gasteiger partial charge in [-0.15, -0.1) is 5.10 Å². The summed E-state index contributed by atoms with van der Waals surface area (Å²) in [5, 5.41) is 26.2. The Kier molecular flexibility index (Phi) is 21.6. The van der Waals surface area contributed by atoms with Crippen molar-refractivity contribution in [3.05, 3.63) is 102 Å². The van der Waals surface area contributed by atoms with Crippen molar-refractivity contribution in [3.63, 3.8) is 0 Å². The number of hydrogen-bond donors (Lipinski definition) is 4. The SMILES string of the molecule is CC(=O)OC[C@H]1O[C@@H](OC(CC(=O)NCCNc2cccc3c(S(=O)(=O)O)cccc23)OCCOCCn2cc(CNC(=O)c3ccc(N=Nc4ccc(N(C)C)cc4)cc3)nn2)[C@H](OC(C)=O)[C@@H](OC(C)=O)[C@@H]1OC(C)=O. The van der Waals surface area contributed by atoms with Crippen LogP contribution < -0.4 is 20.9 Å². The summed E-state index contributed by atoms with van der Waals surface area (Å²) >= 11 is 0. The Morgan fingerprint density at radius 2 is 1.40 bits per heavy atom. The van der Waals surface area contributed by atoms with Crippen LogP contribution >= 0.6 is 0 Å². The predicted molar refractivity (Wildman–Crippen MR) is 276 cm³/mol. The number of aromatic nitrogens is 3. The molecule has 4 N–H and O–H groups in total. The van der Waals surface area contributed by atoms with Crippen LogP contribution in [-0.4, -0.2) is 154 Å². The van der Waals surface area contributed by atoms with Gasteiger partial charge >= 0.3 is 23.9 Å². The Morgan fingerprint density at radius 1 is 0.756 bits per heavy atom. The molecule has 1 fully saturated rings. The molecule has 1 aliphatic heterocycles. The van der Waals surface area contributed by atoms with Gasteiger partial charge in [0.1, 0.15) is 23.3 Å². The molecule has 0 aliphatic carbocycles. The Balaban J connectivity index is 1.05. The van der Waals surface area contributed by atoms with Crippen molar-refractivity contribution in [2.75, 3.05) is 63.8 Å². The summed E-state index contributed by atoms with van der Waals surface area (Å²) in [5.74, 6) is -4.23. The number of benzene rings is 4. The zero-order valence-corrected chi connectivity index (χ0v) is 44.4. The summed E-state index contributed by atoms with van der Waals surface area (Å²) in [7, 11) is -0.614. The first kappa shape index (κ1) is 59.3. The molecule has 1 aromatic heterocycles. The first-order valence-electron chi connectivity index (χ1n) is 24.4. The third kappa shape index (κ3) is 18.1. The van der Waals surface area contributed by atoms with Crippen molar-refractivity contribution in [2.24, 2.45) is 10.2 Å². The van der Waals surface area contributed by atoms with E-state index in [9.17, 15) is 41.7 Å². The lowest BCUT2D eigenvalue weighted by Crippen LogP contribution is -2.63. The molecule has 1 aliphatic rings. The minimum atomic E-state index is -4.51. The maximum Gasteiger partial charge on any atom is 0.303 e. The van der Waals surface area contributed by atoms with Crippen molar-refractivity contribution in [3.8, 4) is 0 Å². The van der Waals surface area contributed by atoms with Crippen LogP contribution in [0.5, 0.6) is 0 Å². The third-order valence-corrected chi connectivity index (χ3v) is 12.2. The number of carbonyl (C=O) groups is 6. The number of ether oxygens (including phenoxy) is 8. The van der Waals surface area contributed by atoms with Crippen molar-refractivity contribution in [1.82, 2.24) is 25.6 Å². The van der Waals surface area contributed by atoms with Gasteiger partial charge in [0, 0.05) is 82.6 Å². The zero-order chi connectivity index (χ0) is 56.4. The van der Waals surface area contributed by atoms with Crippen LogP contribution in [0, 0.1) is 0 Å². The molecule has 0 saturated carbocycles. The summed E-state index contributed by atoms with van der Waals surface area (Å²) in [5.41, 5.74) is 3.71. The molecule has 78 heavy (non-hydrogen) atoms. The van der Waals surface area contributed by atoms with E-state index < -0.39 is 89.9 Å². The molecule has 1 saturated heterocycles. The van der Waals surface area contributed by atoms with Gasteiger partial charge in [0.2, 0.25) is 12.2 Å². The minimum absolute atomic E-state index is 0.0365. The monoisotopic (exact) mass is 1100 g/mol. The van der Waals surface area contributed by atoms with Gasteiger partial charge in [0.15, 0.2) is 24.6 Å². The van der Waals surface area contributed by atoms with E-state index in [1.54, 1.807) is 54.7 Å². The molecule has 2 heterocycles. The maximum absolute atomic E-state index is 13.5. The minimum Gasteiger partial charge on any atom is -0.463 e. The molecule has 0 radical (unpaired) electrons. The second-order valence-corrected chi connectivity index (χ2v) is 18.9. The van der Waals surface area contributed by atoms with Crippen LogP contribution in [0.2, 0.25) is 0 Å². The summed E-state index contributed by atoms with van der Waals surface area (Å²) < 4.78 is 80.9. The molecule has 4 aromatic carbocycles. The van der Waals surface area contributed by atoms with Crippen molar-refractivity contribution in [2.45, 2.75) is 89.1 Å².